The number of benzene rings is 1. The first-order chi connectivity index (χ1) is 13.1. The largest absolute Gasteiger partial charge is 0.356 e. The van der Waals surface area contributed by atoms with E-state index >= 15 is 0 Å². The molecule has 27 heavy (non-hydrogen) atoms. The van der Waals surface area contributed by atoms with Gasteiger partial charge in [0, 0.05) is 29.0 Å². The Morgan fingerprint density at radius 1 is 1.30 bits per heavy atom. The molecule has 1 aliphatic carbocycles. The second-order valence-electron chi connectivity index (χ2n) is 6.49. The van der Waals surface area contributed by atoms with Gasteiger partial charge in [0.1, 0.15) is 11.5 Å². The number of carbonyl (C=O) groups excluding carboxylic acids is 2. The van der Waals surface area contributed by atoms with Crippen molar-refractivity contribution in [2.24, 2.45) is 0 Å². The number of rotatable bonds is 4. The molecule has 4 rings (SSSR count). The molecule has 0 bridgehead atoms. The number of carbonyl (C=O) groups is 2. The van der Waals surface area contributed by atoms with Crippen molar-refractivity contribution in [3.63, 3.8) is 0 Å². The summed E-state index contributed by atoms with van der Waals surface area (Å²) < 4.78 is 13.6. The molecule has 8 heteroatoms. The Bertz CT molecular complexity index is 1000. The van der Waals surface area contributed by atoms with Crippen LogP contribution in [0.2, 0.25) is 0 Å². The molecule has 3 aromatic rings. The summed E-state index contributed by atoms with van der Waals surface area (Å²) in [5, 5.41) is 6.34. The molecular weight excluding hydrogens is 349 g/mol. The van der Waals surface area contributed by atoms with E-state index in [4.69, 9.17) is 0 Å². The van der Waals surface area contributed by atoms with Crippen molar-refractivity contribution in [2.75, 3.05) is 6.54 Å². The van der Waals surface area contributed by atoms with E-state index in [2.05, 4.69) is 25.6 Å². The molecule has 0 aliphatic heterocycles. The minimum absolute atomic E-state index is 0.155. The molecule has 1 unspecified atom stereocenters. The summed E-state index contributed by atoms with van der Waals surface area (Å²) in [5.74, 6) is -1.03. The van der Waals surface area contributed by atoms with Crippen molar-refractivity contribution in [1.82, 2.24) is 25.6 Å². The van der Waals surface area contributed by atoms with Gasteiger partial charge in [0.05, 0.1) is 18.8 Å². The van der Waals surface area contributed by atoms with Crippen molar-refractivity contribution in [2.45, 2.75) is 25.3 Å². The zero-order chi connectivity index (χ0) is 18.8. The summed E-state index contributed by atoms with van der Waals surface area (Å²) in [6, 6.07) is 4.46. The normalized spacial score (nSPS) is 16.0. The second kappa shape index (κ2) is 7.14. The van der Waals surface area contributed by atoms with E-state index < -0.39 is 5.91 Å². The van der Waals surface area contributed by atoms with Gasteiger partial charge in [0.15, 0.2) is 0 Å². The van der Waals surface area contributed by atoms with Crippen LogP contribution in [0, 0.1) is 5.82 Å². The Kier molecular flexibility index (Phi) is 4.53. The van der Waals surface area contributed by atoms with Crippen LogP contribution in [0.3, 0.4) is 0 Å². The van der Waals surface area contributed by atoms with E-state index in [9.17, 15) is 14.0 Å². The van der Waals surface area contributed by atoms with Gasteiger partial charge in [-0.15, -0.1) is 0 Å². The number of nitrogens with zero attached hydrogens (tertiary/aromatic N) is 2. The van der Waals surface area contributed by atoms with Gasteiger partial charge in [-0.1, -0.05) is 0 Å². The minimum Gasteiger partial charge on any atom is -0.356 e. The van der Waals surface area contributed by atoms with Gasteiger partial charge in [-0.05, 0) is 43.0 Å². The molecular formula is C19H18FN5O2. The maximum Gasteiger partial charge on any atom is 0.271 e. The quantitative estimate of drug-likeness (QED) is 0.657. The number of H-pyrrole nitrogens is 1. The van der Waals surface area contributed by atoms with Crippen LogP contribution in [0.15, 0.2) is 36.8 Å². The molecule has 1 atom stereocenters. The fraction of sp³-hybridized carbons (Fsp3) is 0.263. The molecule has 2 amide bonds. The van der Waals surface area contributed by atoms with Gasteiger partial charge in [-0.2, -0.15) is 0 Å². The van der Waals surface area contributed by atoms with Crippen LogP contribution in [0.5, 0.6) is 0 Å². The molecule has 3 N–H and O–H groups in total. The van der Waals surface area contributed by atoms with Crippen LogP contribution < -0.4 is 10.6 Å². The van der Waals surface area contributed by atoms with E-state index in [0.717, 1.165) is 41.4 Å². The third kappa shape index (κ3) is 3.51. The average molecular weight is 367 g/mol. The Morgan fingerprint density at radius 2 is 2.19 bits per heavy atom. The second-order valence-corrected chi connectivity index (χ2v) is 6.49. The molecule has 0 fully saturated rings. The third-order valence-corrected chi connectivity index (χ3v) is 4.71. The van der Waals surface area contributed by atoms with Crippen LogP contribution >= 0.6 is 0 Å². The number of amides is 2. The summed E-state index contributed by atoms with van der Waals surface area (Å²) in [4.78, 5) is 35.3. The lowest BCUT2D eigenvalue weighted by molar-refractivity contribution is -0.121. The molecule has 0 radical (unpaired) electrons. The molecule has 0 saturated heterocycles. The summed E-state index contributed by atoms with van der Waals surface area (Å²) in [5.41, 5.74) is 2.97. The smallest absolute Gasteiger partial charge is 0.271 e. The number of aryl methyl sites for hydroxylation is 1. The summed E-state index contributed by atoms with van der Waals surface area (Å²) in [6.45, 7) is -0.157. The van der Waals surface area contributed by atoms with Crippen LogP contribution in [-0.4, -0.2) is 33.3 Å². The van der Waals surface area contributed by atoms with Crippen LogP contribution in [0.25, 0.3) is 10.9 Å². The third-order valence-electron chi connectivity index (χ3n) is 4.71. The van der Waals surface area contributed by atoms with Crippen molar-refractivity contribution in [3.05, 3.63) is 59.6 Å². The zero-order valence-corrected chi connectivity index (χ0v) is 14.5. The highest BCUT2D eigenvalue weighted by molar-refractivity contribution is 5.94. The first-order valence-electron chi connectivity index (χ1n) is 8.75. The Hall–Kier alpha value is -3.29. The first-order valence-corrected chi connectivity index (χ1v) is 8.75. The SMILES string of the molecule is O=C(CNC(=O)c1cnccn1)NC1CCCc2c1[nH]c1ccc(F)cc21. The molecule has 1 aromatic carbocycles. The van der Waals surface area contributed by atoms with Gasteiger partial charge in [-0.25, -0.2) is 9.37 Å². The maximum absolute atomic E-state index is 13.6. The number of aromatic nitrogens is 3. The number of fused-ring (bicyclic) bond motifs is 3. The number of halogens is 1. The van der Waals surface area contributed by atoms with Crippen molar-refractivity contribution < 1.29 is 14.0 Å². The molecule has 138 valence electrons. The van der Waals surface area contributed by atoms with Gasteiger partial charge in [-0.3, -0.25) is 14.6 Å². The molecule has 2 aromatic heterocycles. The highest BCUT2D eigenvalue weighted by atomic mass is 19.1. The maximum atomic E-state index is 13.6. The molecule has 0 saturated carbocycles. The number of aromatic amines is 1. The van der Waals surface area contributed by atoms with Crippen LogP contribution in [-0.2, 0) is 11.2 Å². The number of hydrogen-bond donors (Lipinski definition) is 3. The van der Waals surface area contributed by atoms with E-state index in [-0.39, 0.29) is 30.0 Å². The predicted molar refractivity (Wildman–Crippen MR) is 96.4 cm³/mol. The standard InChI is InChI=1S/C19H18FN5O2/c20-11-4-5-14-13(8-11)12-2-1-3-15(18(12)25-14)24-17(26)10-23-19(27)16-9-21-6-7-22-16/h4-9,15,25H,1-3,10H2,(H,23,27)(H,24,26). The summed E-state index contributed by atoms with van der Waals surface area (Å²) >= 11 is 0. The lowest BCUT2D eigenvalue weighted by atomic mass is 9.91. The molecule has 0 spiro atoms. The van der Waals surface area contributed by atoms with Gasteiger partial charge in [0.25, 0.3) is 5.91 Å². The molecule has 1 aliphatic rings. The minimum atomic E-state index is -0.455. The average Bonchev–Trinajstić information content (AvgIpc) is 3.06. The van der Waals surface area contributed by atoms with Gasteiger partial charge >= 0.3 is 0 Å². The van der Waals surface area contributed by atoms with Gasteiger partial charge < -0.3 is 15.6 Å². The Morgan fingerprint density at radius 3 is 3.00 bits per heavy atom. The van der Waals surface area contributed by atoms with Crippen LogP contribution in [0.4, 0.5) is 4.39 Å². The van der Waals surface area contributed by atoms with Crippen molar-refractivity contribution >= 4 is 22.7 Å². The molecule has 7 nitrogen and oxygen atoms in total. The van der Waals surface area contributed by atoms with Gasteiger partial charge in [0.2, 0.25) is 5.91 Å². The van der Waals surface area contributed by atoms with Crippen LogP contribution in [0.1, 0.15) is 40.6 Å². The predicted octanol–water partition coefficient (Wildman–Crippen LogP) is 2.02. The Labute approximate surface area is 154 Å². The monoisotopic (exact) mass is 367 g/mol. The summed E-state index contributed by atoms with van der Waals surface area (Å²) in [7, 11) is 0. The van der Waals surface area contributed by atoms with E-state index in [1.54, 1.807) is 6.07 Å². The van der Waals surface area contributed by atoms with E-state index in [1.165, 1.54) is 30.7 Å². The fourth-order valence-corrected chi connectivity index (χ4v) is 3.49. The highest BCUT2D eigenvalue weighted by Crippen LogP contribution is 2.34. The van der Waals surface area contributed by atoms with Crippen molar-refractivity contribution in [3.8, 4) is 0 Å². The number of nitrogens with one attached hydrogen (secondary N) is 3. The van der Waals surface area contributed by atoms with Crippen molar-refractivity contribution in [1.29, 1.82) is 0 Å². The van der Waals surface area contributed by atoms with E-state index in [0.29, 0.717) is 0 Å². The summed E-state index contributed by atoms with van der Waals surface area (Å²) in [6.07, 6.45) is 6.74. The topological polar surface area (TPSA) is 99.8 Å². The van der Waals surface area contributed by atoms with E-state index in [1.807, 2.05) is 0 Å². The zero-order valence-electron chi connectivity index (χ0n) is 14.5. The fourth-order valence-electron chi connectivity index (χ4n) is 3.49. The first kappa shape index (κ1) is 17.1. The lowest BCUT2D eigenvalue weighted by Crippen LogP contribution is -2.39. The lowest BCUT2D eigenvalue weighted by Gasteiger charge is -2.24. The highest BCUT2D eigenvalue weighted by Gasteiger charge is 2.25. The molecule has 2 heterocycles. The number of hydrogen-bond acceptors (Lipinski definition) is 4. The Balaban J connectivity index is 1.44.